The second-order valence-corrected chi connectivity index (χ2v) is 11.6. The van der Waals surface area contributed by atoms with Crippen molar-refractivity contribution in [1.82, 2.24) is 24.8 Å². The smallest absolute Gasteiger partial charge is 0.388 e. The summed E-state index contributed by atoms with van der Waals surface area (Å²) >= 11 is 0. The number of phosphoric ester groups is 2. The molecule has 218 valence electrons. The molecule has 10 atom stereocenters. The van der Waals surface area contributed by atoms with Crippen molar-refractivity contribution in [3.8, 4) is 0 Å². The first-order valence-electron chi connectivity index (χ1n) is 11.1. The minimum Gasteiger partial charge on any atom is -0.388 e. The van der Waals surface area contributed by atoms with E-state index < -0.39 is 83.8 Å². The molecule has 2 aliphatic rings. The number of aliphatic hydroxyl groups excluding tert-OH is 4. The number of aliphatic hydroxyl groups is 4. The number of hydrogen-bond donors (Lipinski definition) is 8. The van der Waals surface area contributed by atoms with Gasteiger partial charge in [0.1, 0.15) is 48.4 Å². The predicted octanol–water partition coefficient (Wildman–Crippen LogP) is -3.14. The molecule has 0 bridgehead atoms. The first-order chi connectivity index (χ1) is 18.2. The second-order valence-electron chi connectivity index (χ2n) is 8.52. The lowest BCUT2D eigenvalue weighted by Crippen LogP contribution is -2.47. The molecule has 4 rings (SSSR count). The molecule has 22 heteroatoms. The number of nitrogens with zero attached hydrogens (tertiary/aromatic N) is 4. The van der Waals surface area contributed by atoms with Gasteiger partial charge in [0.25, 0.3) is 0 Å². The van der Waals surface area contributed by atoms with Crippen LogP contribution in [-0.2, 0) is 36.8 Å². The lowest BCUT2D eigenvalue weighted by molar-refractivity contribution is -0.126. The van der Waals surface area contributed by atoms with Gasteiger partial charge in [0, 0.05) is 6.92 Å². The van der Waals surface area contributed by atoms with Gasteiger partial charge in [-0.2, -0.15) is 4.31 Å². The Balaban J connectivity index is 1.32. The highest BCUT2D eigenvalue weighted by Gasteiger charge is 2.47. The van der Waals surface area contributed by atoms with Crippen molar-refractivity contribution >= 4 is 38.5 Å². The first-order valence-corrected chi connectivity index (χ1v) is 14.1. The maximum atomic E-state index is 12.3. The van der Waals surface area contributed by atoms with E-state index in [1.807, 2.05) is 0 Å². The minimum atomic E-state index is -5.33. The number of ether oxygens (including phenoxy) is 2. The van der Waals surface area contributed by atoms with Crippen molar-refractivity contribution in [1.29, 1.82) is 0 Å². The molecule has 4 heterocycles. The zero-order chi connectivity index (χ0) is 28.7. The maximum Gasteiger partial charge on any atom is 0.481 e. The van der Waals surface area contributed by atoms with Crippen LogP contribution in [0.25, 0.3) is 11.2 Å². The zero-order valence-corrected chi connectivity index (χ0v) is 21.7. The molecule has 39 heavy (non-hydrogen) atoms. The number of nitrogen functional groups attached to an aromatic ring is 1. The number of hydrogen-bond acceptors (Lipinski definition) is 16. The van der Waals surface area contributed by atoms with E-state index in [4.69, 9.17) is 15.2 Å². The Labute approximate surface area is 218 Å². The van der Waals surface area contributed by atoms with Crippen LogP contribution in [0.1, 0.15) is 13.2 Å². The SMILES string of the molecule is CC(=O)NC1C(O)[C@@H](COP(=O)(O)OP(=O)(O)OC[C@@H]2O[C@H](n3cnc4c(N)ncnc43)C(O)C2O)O[C@H]1O. The summed E-state index contributed by atoms with van der Waals surface area (Å²) in [6.07, 6.45) is -8.18. The number of fused-ring (bicyclic) bond motifs is 1. The fraction of sp³-hybridized carbons (Fsp3) is 0.647. The van der Waals surface area contributed by atoms with Gasteiger partial charge in [-0.05, 0) is 0 Å². The molecular formula is C17H26N6O14P2. The average molecular weight is 600 g/mol. The summed E-state index contributed by atoms with van der Waals surface area (Å²) in [5, 5.41) is 42.9. The maximum absolute atomic E-state index is 12.3. The average Bonchev–Trinajstić information content (AvgIpc) is 3.47. The lowest BCUT2D eigenvalue weighted by Gasteiger charge is -2.21. The Kier molecular flexibility index (Phi) is 8.70. The highest BCUT2D eigenvalue weighted by Crippen LogP contribution is 2.60. The highest BCUT2D eigenvalue weighted by molar-refractivity contribution is 7.61. The van der Waals surface area contributed by atoms with Crippen LogP contribution in [0.2, 0.25) is 0 Å². The van der Waals surface area contributed by atoms with E-state index in [0.717, 1.165) is 13.3 Å². The fourth-order valence-corrected chi connectivity index (χ4v) is 6.03. The van der Waals surface area contributed by atoms with E-state index in [2.05, 4.69) is 33.6 Å². The molecule has 6 unspecified atom stereocenters. The number of nitrogens with two attached hydrogens (primary N) is 1. The Morgan fingerprint density at radius 1 is 1.03 bits per heavy atom. The first kappa shape index (κ1) is 29.8. The van der Waals surface area contributed by atoms with E-state index in [0.29, 0.717) is 0 Å². The van der Waals surface area contributed by atoms with Crippen molar-refractivity contribution in [3.05, 3.63) is 12.7 Å². The normalized spacial score (nSPS) is 34.1. The summed E-state index contributed by atoms with van der Waals surface area (Å²) in [4.78, 5) is 42.7. The van der Waals surface area contributed by atoms with Crippen LogP contribution < -0.4 is 11.1 Å². The molecule has 0 saturated carbocycles. The van der Waals surface area contributed by atoms with Crippen LogP contribution in [0.5, 0.6) is 0 Å². The minimum absolute atomic E-state index is 0.0541. The third-order valence-electron chi connectivity index (χ3n) is 5.75. The summed E-state index contributed by atoms with van der Waals surface area (Å²) in [5.74, 6) is -0.538. The summed E-state index contributed by atoms with van der Waals surface area (Å²) in [6, 6.07) is -1.26. The largest absolute Gasteiger partial charge is 0.481 e. The fourth-order valence-electron chi connectivity index (χ4n) is 3.94. The number of imidazole rings is 1. The molecule has 20 nitrogen and oxygen atoms in total. The number of aromatic nitrogens is 4. The number of anilines is 1. The zero-order valence-electron chi connectivity index (χ0n) is 19.9. The Hall–Kier alpha value is -2.16. The van der Waals surface area contributed by atoms with E-state index in [1.54, 1.807) is 0 Å². The van der Waals surface area contributed by atoms with Gasteiger partial charge in [0.15, 0.2) is 24.0 Å². The number of rotatable bonds is 10. The van der Waals surface area contributed by atoms with Crippen molar-refractivity contribution in [2.75, 3.05) is 18.9 Å². The number of nitrogens with one attached hydrogen (secondary N) is 1. The molecule has 2 saturated heterocycles. The molecule has 0 radical (unpaired) electrons. The van der Waals surface area contributed by atoms with Crippen LogP contribution in [-0.4, -0.2) is 112 Å². The molecule has 0 aliphatic carbocycles. The molecule has 2 aromatic rings. The predicted molar refractivity (Wildman–Crippen MR) is 123 cm³/mol. The molecule has 2 aliphatic heterocycles. The van der Waals surface area contributed by atoms with Crippen LogP contribution in [0, 0.1) is 0 Å². The molecule has 1 amide bonds. The van der Waals surface area contributed by atoms with Gasteiger partial charge in [-0.3, -0.25) is 18.4 Å². The van der Waals surface area contributed by atoms with Crippen LogP contribution in [0.3, 0.4) is 0 Å². The number of phosphoric acid groups is 2. The molecular weight excluding hydrogens is 574 g/mol. The molecule has 9 N–H and O–H groups in total. The molecule has 2 fully saturated rings. The van der Waals surface area contributed by atoms with E-state index in [9.17, 15) is 44.1 Å². The van der Waals surface area contributed by atoms with Crippen LogP contribution in [0.4, 0.5) is 5.82 Å². The van der Waals surface area contributed by atoms with E-state index >= 15 is 0 Å². The number of amides is 1. The quantitative estimate of drug-likeness (QED) is 0.125. The summed E-state index contributed by atoms with van der Waals surface area (Å²) in [5.41, 5.74) is 6.09. The van der Waals surface area contributed by atoms with Gasteiger partial charge in [-0.1, -0.05) is 0 Å². The topological polar surface area (TPSA) is 300 Å². The van der Waals surface area contributed by atoms with E-state index in [-0.39, 0.29) is 17.0 Å². The van der Waals surface area contributed by atoms with Crippen molar-refractivity contribution in [2.45, 2.75) is 56.0 Å². The number of carbonyl (C=O) groups excluding carboxylic acids is 1. The van der Waals surface area contributed by atoms with Gasteiger partial charge in [0.05, 0.1) is 19.5 Å². The van der Waals surface area contributed by atoms with Crippen molar-refractivity contribution in [2.24, 2.45) is 0 Å². The highest BCUT2D eigenvalue weighted by atomic mass is 31.3. The molecule has 0 spiro atoms. The van der Waals surface area contributed by atoms with Gasteiger partial charge < -0.3 is 50.7 Å². The van der Waals surface area contributed by atoms with E-state index in [1.165, 1.54) is 10.9 Å². The summed E-state index contributed by atoms with van der Waals surface area (Å²) in [7, 11) is -10.7. The molecule has 2 aromatic heterocycles. The molecule has 0 aromatic carbocycles. The summed E-state index contributed by atoms with van der Waals surface area (Å²) in [6.45, 7) is -0.659. The van der Waals surface area contributed by atoms with Gasteiger partial charge >= 0.3 is 15.6 Å². The summed E-state index contributed by atoms with van der Waals surface area (Å²) < 4.78 is 49.6. The van der Waals surface area contributed by atoms with Crippen LogP contribution in [0.15, 0.2) is 12.7 Å². The van der Waals surface area contributed by atoms with Crippen LogP contribution >= 0.6 is 15.6 Å². The second kappa shape index (κ2) is 11.4. The standard InChI is InChI=1S/C17H26N6O14P2/c1-6(24)22-9-11(25)7(36-17(9)28)2-33-38(29,30)37-39(31,32)34-3-8-12(26)13(27)16(35-8)23-5-21-10-14(18)19-4-20-15(10)23/h4-5,7-9,11-13,16-17,25-28H,2-3H2,1H3,(H,22,24)(H,29,30)(H,31,32)(H2,18,19,20)/t7-,8+,9?,11?,12?,13?,16+,17-/m1/s1. The monoisotopic (exact) mass is 600 g/mol. The van der Waals surface area contributed by atoms with Crippen molar-refractivity contribution in [3.63, 3.8) is 0 Å². The van der Waals surface area contributed by atoms with Gasteiger partial charge in [-0.15, -0.1) is 0 Å². The van der Waals surface area contributed by atoms with Gasteiger partial charge in [0.2, 0.25) is 5.91 Å². The Bertz CT molecular complexity index is 1300. The third-order valence-corrected chi connectivity index (χ3v) is 8.35. The Morgan fingerprint density at radius 2 is 1.64 bits per heavy atom. The van der Waals surface area contributed by atoms with Crippen molar-refractivity contribution < 1.29 is 67.0 Å². The van der Waals surface area contributed by atoms with Gasteiger partial charge in [-0.25, -0.2) is 24.1 Å². The third kappa shape index (κ3) is 6.60. The number of carbonyl (C=O) groups is 1. The lowest BCUT2D eigenvalue weighted by atomic mass is 10.1. The Morgan fingerprint density at radius 3 is 2.26 bits per heavy atom.